The largest absolute Gasteiger partial charge is 0.357 e. The van der Waals surface area contributed by atoms with Crippen molar-refractivity contribution < 1.29 is 9.59 Å². The molecule has 2 aromatic carbocycles. The predicted octanol–water partition coefficient (Wildman–Crippen LogP) is 4.01. The number of nitrogens with one attached hydrogen (secondary N) is 1. The highest BCUT2D eigenvalue weighted by atomic mass is 35.5. The zero-order valence-corrected chi connectivity index (χ0v) is 16.6. The first-order valence-electron chi connectivity index (χ1n) is 8.33. The first kappa shape index (κ1) is 20.3. The third-order valence-corrected chi connectivity index (χ3v) is 4.96. The van der Waals surface area contributed by atoms with Crippen molar-refractivity contribution in [2.24, 2.45) is 0 Å². The van der Waals surface area contributed by atoms with Gasteiger partial charge in [0.05, 0.1) is 6.42 Å². The molecule has 4 nitrogen and oxygen atoms in total. The molecule has 1 unspecified atom stereocenters. The Bertz CT molecular complexity index is 808. The van der Waals surface area contributed by atoms with Gasteiger partial charge in [-0.3, -0.25) is 9.59 Å². The van der Waals surface area contributed by atoms with Crippen LogP contribution < -0.4 is 5.32 Å². The number of rotatable bonds is 6. The summed E-state index contributed by atoms with van der Waals surface area (Å²) in [6, 6.07) is 12.2. The van der Waals surface area contributed by atoms with Gasteiger partial charge in [-0.2, -0.15) is 0 Å². The van der Waals surface area contributed by atoms with Gasteiger partial charge in [0.2, 0.25) is 11.8 Å². The second-order valence-corrected chi connectivity index (χ2v) is 6.99. The zero-order valence-electron chi connectivity index (χ0n) is 15.1. The van der Waals surface area contributed by atoms with Crippen LogP contribution >= 0.6 is 23.2 Å². The number of nitrogens with zero attached hydrogens (tertiary/aromatic N) is 1. The van der Waals surface area contributed by atoms with E-state index in [4.69, 9.17) is 23.2 Å². The normalized spacial score (nSPS) is 11.7. The summed E-state index contributed by atoms with van der Waals surface area (Å²) < 4.78 is 0. The van der Waals surface area contributed by atoms with Crippen LogP contribution in [0.2, 0.25) is 10.0 Å². The number of aryl methyl sites for hydroxylation is 1. The number of carbonyl (C=O) groups is 2. The molecule has 2 rings (SSSR count). The van der Waals surface area contributed by atoms with E-state index in [2.05, 4.69) is 5.32 Å². The maximum atomic E-state index is 13.0. The van der Waals surface area contributed by atoms with Gasteiger partial charge in [0.25, 0.3) is 0 Å². The monoisotopic (exact) mass is 392 g/mol. The Morgan fingerprint density at radius 3 is 2.42 bits per heavy atom. The maximum absolute atomic E-state index is 13.0. The van der Waals surface area contributed by atoms with Crippen molar-refractivity contribution in [2.75, 3.05) is 7.05 Å². The van der Waals surface area contributed by atoms with Crippen molar-refractivity contribution in [3.05, 3.63) is 69.2 Å². The molecule has 0 spiro atoms. The number of halogens is 2. The van der Waals surface area contributed by atoms with Crippen molar-refractivity contribution in [3.8, 4) is 0 Å². The molecule has 0 aliphatic heterocycles. The molecule has 0 bridgehead atoms. The fraction of sp³-hybridized carbons (Fsp3) is 0.300. The number of likely N-dealkylation sites (N-methyl/N-ethyl adjacent to an activating group) is 1. The van der Waals surface area contributed by atoms with Crippen LogP contribution in [0.15, 0.2) is 42.5 Å². The van der Waals surface area contributed by atoms with Gasteiger partial charge in [-0.25, -0.2) is 0 Å². The molecule has 2 aromatic rings. The molecule has 2 amide bonds. The molecule has 6 heteroatoms. The summed E-state index contributed by atoms with van der Waals surface area (Å²) in [7, 11) is 1.55. The summed E-state index contributed by atoms with van der Waals surface area (Å²) in [5.74, 6) is -0.366. The lowest BCUT2D eigenvalue weighted by molar-refractivity contribution is -0.139. The summed E-state index contributed by atoms with van der Waals surface area (Å²) in [6.45, 7) is 3.90. The van der Waals surface area contributed by atoms with Crippen molar-refractivity contribution in [1.82, 2.24) is 10.2 Å². The fourth-order valence-electron chi connectivity index (χ4n) is 2.70. The smallest absolute Gasteiger partial charge is 0.242 e. The molecule has 0 aliphatic rings. The minimum Gasteiger partial charge on any atom is -0.357 e. The van der Waals surface area contributed by atoms with E-state index in [1.165, 1.54) is 0 Å². The van der Waals surface area contributed by atoms with Gasteiger partial charge in [0.1, 0.15) is 6.04 Å². The molecular formula is C20H22Cl2N2O2. The zero-order chi connectivity index (χ0) is 19.3. The van der Waals surface area contributed by atoms with Crippen LogP contribution in [0.1, 0.15) is 23.6 Å². The minimum atomic E-state index is -0.622. The number of amides is 2. The maximum Gasteiger partial charge on any atom is 0.242 e. The summed E-state index contributed by atoms with van der Waals surface area (Å²) in [5.41, 5.74) is 2.72. The molecule has 0 fully saturated rings. The van der Waals surface area contributed by atoms with Crippen LogP contribution in [0, 0.1) is 6.92 Å². The molecule has 138 valence electrons. The van der Waals surface area contributed by atoms with E-state index in [0.29, 0.717) is 10.0 Å². The standard InChI is InChI=1S/C20H22Cl2N2O2/c1-13-6-4-5-7-15(13)10-19(25)24(14(2)20(26)23-3)12-16-8-9-17(21)11-18(16)22/h4-9,11,14H,10,12H2,1-3H3,(H,23,26). The van der Waals surface area contributed by atoms with Crippen molar-refractivity contribution in [3.63, 3.8) is 0 Å². The van der Waals surface area contributed by atoms with Gasteiger partial charge in [0.15, 0.2) is 0 Å². The van der Waals surface area contributed by atoms with Crippen LogP contribution in [-0.2, 0) is 22.6 Å². The van der Waals surface area contributed by atoms with E-state index in [0.717, 1.165) is 16.7 Å². The Balaban J connectivity index is 2.29. The Morgan fingerprint density at radius 1 is 1.12 bits per heavy atom. The highest BCUT2D eigenvalue weighted by Gasteiger charge is 2.26. The lowest BCUT2D eigenvalue weighted by atomic mass is 10.0. The first-order chi connectivity index (χ1) is 12.3. The molecule has 0 saturated heterocycles. The topological polar surface area (TPSA) is 49.4 Å². The molecule has 0 radical (unpaired) electrons. The highest BCUT2D eigenvalue weighted by Crippen LogP contribution is 2.23. The lowest BCUT2D eigenvalue weighted by Gasteiger charge is -2.29. The Hall–Kier alpha value is -2.04. The van der Waals surface area contributed by atoms with Gasteiger partial charge in [-0.15, -0.1) is 0 Å². The van der Waals surface area contributed by atoms with Gasteiger partial charge in [0, 0.05) is 23.6 Å². The molecule has 1 atom stereocenters. The molecule has 0 aliphatic carbocycles. The molecule has 26 heavy (non-hydrogen) atoms. The summed E-state index contributed by atoms with van der Waals surface area (Å²) in [4.78, 5) is 26.7. The van der Waals surface area contributed by atoms with Gasteiger partial charge < -0.3 is 10.2 Å². The van der Waals surface area contributed by atoms with E-state index in [-0.39, 0.29) is 24.8 Å². The second kappa shape index (κ2) is 9.06. The summed E-state index contributed by atoms with van der Waals surface area (Å²) in [5, 5.41) is 3.59. The van der Waals surface area contributed by atoms with E-state index in [1.807, 2.05) is 31.2 Å². The second-order valence-electron chi connectivity index (χ2n) is 6.15. The Labute approximate surface area is 164 Å². The van der Waals surface area contributed by atoms with Crippen molar-refractivity contribution in [1.29, 1.82) is 0 Å². The quantitative estimate of drug-likeness (QED) is 0.806. The van der Waals surface area contributed by atoms with Crippen molar-refractivity contribution in [2.45, 2.75) is 32.9 Å². The molecule has 0 saturated carbocycles. The van der Waals surface area contributed by atoms with Crippen LogP contribution in [0.3, 0.4) is 0 Å². The Kier molecular flexibility index (Phi) is 7.06. The SMILES string of the molecule is CNC(=O)C(C)N(Cc1ccc(Cl)cc1Cl)C(=O)Cc1ccccc1C. The Morgan fingerprint density at radius 2 is 1.81 bits per heavy atom. The molecule has 1 N–H and O–H groups in total. The predicted molar refractivity (Wildman–Crippen MR) is 105 cm³/mol. The molecule has 0 aromatic heterocycles. The number of hydrogen-bond donors (Lipinski definition) is 1. The van der Waals surface area contributed by atoms with Gasteiger partial charge in [-0.05, 0) is 42.7 Å². The molecular weight excluding hydrogens is 371 g/mol. The number of hydrogen-bond acceptors (Lipinski definition) is 2. The van der Waals surface area contributed by atoms with Crippen molar-refractivity contribution >= 4 is 35.0 Å². The third-order valence-electron chi connectivity index (χ3n) is 4.37. The third kappa shape index (κ3) is 4.99. The van der Waals surface area contributed by atoms with Gasteiger partial charge >= 0.3 is 0 Å². The van der Waals surface area contributed by atoms with Crippen LogP contribution in [0.5, 0.6) is 0 Å². The summed E-state index contributed by atoms with van der Waals surface area (Å²) in [6.07, 6.45) is 0.221. The first-order valence-corrected chi connectivity index (χ1v) is 9.08. The van der Waals surface area contributed by atoms with E-state index >= 15 is 0 Å². The molecule has 0 heterocycles. The fourth-order valence-corrected chi connectivity index (χ4v) is 3.17. The van der Waals surface area contributed by atoms with Gasteiger partial charge in [-0.1, -0.05) is 53.5 Å². The number of carbonyl (C=O) groups excluding carboxylic acids is 2. The van der Waals surface area contributed by atoms with Crippen LogP contribution in [0.25, 0.3) is 0 Å². The highest BCUT2D eigenvalue weighted by molar-refractivity contribution is 6.35. The average Bonchev–Trinajstić information content (AvgIpc) is 2.61. The van der Waals surface area contributed by atoms with Crippen LogP contribution in [-0.4, -0.2) is 29.8 Å². The number of benzene rings is 2. The lowest BCUT2D eigenvalue weighted by Crippen LogP contribution is -2.47. The van der Waals surface area contributed by atoms with E-state index < -0.39 is 6.04 Å². The average molecular weight is 393 g/mol. The summed E-state index contributed by atoms with van der Waals surface area (Å²) >= 11 is 12.2. The van der Waals surface area contributed by atoms with Crippen LogP contribution in [0.4, 0.5) is 0 Å². The minimum absolute atomic E-state index is 0.138. The van der Waals surface area contributed by atoms with E-state index in [1.54, 1.807) is 37.1 Å². The van der Waals surface area contributed by atoms with E-state index in [9.17, 15) is 9.59 Å².